The van der Waals surface area contributed by atoms with Crippen molar-refractivity contribution in [2.24, 2.45) is 0 Å². The van der Waals surface area contributed by atoms with Gasteiger partial charge in [0.15, 0.2) is 0 Å². The number of anilines is 1. The number of nitrogens with one attached hydrogen (secondary N) is 1. The van der Waals surface area contributed by atoms with E-state index in [-0.39, 0.29) is 17.3 Å². The summed E-state index contributed by atoms with van der Waals surface area (Å²) in [7, 11) is -3.64. The van der Waals surface area contributed by atoms with Crippen molar-refractivity contribution < 1.29 is 18.3 Å². The molecular weight excluding hydrogens is 282 g/mol. The molecule has 7 nitrogen and oxygen atoms in total. The molecule has 0 saturated heterocycles. The van der Waals surface area contributed by atoms with Crippen LogP contribution in [0.25, 0.3) is 0 Å². The van der Waals surface area contributed by atoms with Gasteiger partial charge in [-0.2, -0.15) is 0 Å². The largest absolute Gasteiger partial charge is 0.478 e. The minimum absolute atomic E-state index is 0.00495. The minimum Gasteiger partial charge on any atom is -0.478 e. The Hall–Kier alpha value is -2.48. The second-order valence-electron chi connectivity index (χ2n) is 3.94. The van der Waals surface area contributed by atoms with E-state index in [4.69, 9.17) is 5.11 Å². The maximum absolute atomic E-state index is 11.9. The van der Waals surface area contributed by atoms with Crippen LogP contribution in [0.4, 0.5) is 5.95 Å². The average Bonchev–Trinajstić information content (AvgIpc) is 2.39. The van der Waals surface area contributed by atoms with Gasteiger partial charge in [-0.05, 0) is 23.8 Å². The van der Waals surface area contributed by atoms with Gasteiger partial charge in [-0.25, -0.2) is 23.2 Å². The molecule has 2 aromatic rings. The number of carboxylic acids is 1. The van der Waals surface area contributed by atoms with Crippen molar-refractivity contribution in [3.05, 3.63) is 53.9 Å². The van der Waals surface area contributed by atoms with Crippen molar-refractivity contribution >= 4 is 21.9 Å². The van der Waals surface area contributed by atoms with Crippen molar-refractivity contribution in [1.82, 2.24) is 9.97 Å². The average molecular weight is 293 g/mol. The lowest BCUT2D eigenvalue weighted by atomic mass is 10.1. The Kier molecular flexibility index (Phi) is 3.94. The number of sulfonamides is 1. The fraction of sp³-hybridized carbons (Fsp3) is 0.0833. The van der Waals surface area contributed by atoms with Gasteiger partial charge in [0.1, 0.15) is 0 Å². The zero-order valence-electron chi connectivity index (χ0n) is 10.2. The van der Waals surface area contributed by atoms with Gasteiger partial charge < -0.3 is 5.11 Å². The Bertz CT molecular complexity index is 699. The second kappa shape index (κ2) is 5.66. The summed E-state index contributed by atoms with van der Waals surface area (Å²) in [5.41, 5.74) is 0.573. The monoisotopic (exact) mass is 293 g/mol. The molecule has 0 atom stereocenters. The van der Waals surface area contributed by atoms with Gasteiger partial charge in [-0.1, -0.05) is 12.1 Å². The van der Waals surface area contributed by atoms with Gasteiger partial charge in [-0.3, -0.25) is 4.72 Å². The Morgan fingerprint density at radius 1 is 1.15 bits per heavy atom. The lowest BCUT2D eigenvalue weighted by Gasteiger charge is -2.06. The molecule has 1 aromatic heterocycles. The molecule has 2 N–H and O–H groups in total. The van der Waals surface area contributed by atoms with Gasteiger partial charge in [-0.15, -0.1) is 0 Å². The van der Waals surface area contributed by atoms with Crippen molar-refractivity contribution in [1.29, 1.82) is 0 Å². The first kappa shape index (κ1) is 13.9. The standard InChI is InChI=1S/C12H11N3O4S/c16-11(17)10-4-2-9(3-5-10)8-20(18,19)15-12-13-6-1-7-14-12/h1-7H,8H2,(H,16,17)(H,13,14,15). The number of carboxylic acid groups (broad SMARTS) is 1. The van der Waals surface area contributed by atoms with E-state index in [9.17, 15) is 13.2 Å². The number of aromatic nitrogens is 2. The molecule has 8 heteroatoms. The number of aromatic carboxylic acids is 1. The highest BCUT2D eigenvalue weighted by molar-refractivity contribution is 7.91. The Morgan fingerprint density at radius 3 is 2.30 bits per heavy atom. The molecule has 0 aliphatic heterocycles. The number of rotatable bonds is 5. The normalized spacial score (nSPS) is 11.0. The molecule has 0 fully saturated rings. The van der Waals surface area contributed by atoms with Gasteiger partial charge in [0, 0.05) is 12.4 Å². The third kappa shape index (κ3) is 3.75. The first-order valence-electron chi connectivity index (χ1n) is 5.56. The molecule has 0 unspecified atom stereocenters. The molecule has 0 aliphatic rings. The van der Waals surface area contributed by atoms with E-state index in [1.807, 2.05) is 0 Å². The summed E-state index contributed by atoms with van der Waals surface area (Å²) in [4.78, 5) is 18.2. The highest BCUT2D eigenvalue weighted by Crippen LogP contribution is 2.10. The fourth-order valence-corrected chi connectivity index (χ4v) is 2.58. The first-order valence-corrected chi connectivity index (χ1v) is 7.21. The summed E-state index contributed by atoms with van der Waals surface area (Å²) in [5, 5.41) is 8.76. The first-order chi connectivity index (χ1) is 9.46. The van der Waals surface area contributed by atoms with Crippen LogP contribution in [0.2, 0.25) is 0 Å². The van der Waals surface area contributed by atoms with Crippen LogP contribution in [0.3, 0.4) is 0 Å². The molecule has 20 heavy (non-hydrogen) atoms. The Balaban J connectivity index is 2.10. The number of hydrogen-bond acceptors (Lipinski definition) is 5. The van der Waals surface area contributed by atoms with Crippen molar-refractivity contribution in [3.63, 3.8) is 0 Å². The van der Waals surface area contributed by atoms with Gasteiger partial charge >= 0.3 is 5.97 Å². The predicted octanol–water partition coefficient (Wildman–Crippen LogP) is 1.12. The maximum Gasteiger partial charge on any atom is 0.335 e. The molecule has 1 heterocycles. The maximum atomic E-state index is 11.9. The predicted molar refractivity (Wildman–Crippen MR) is 71.7 cm³/mol. The fourth-order valence-electron chi connectivity index (χ4n) is 1.49. The summed E-state index contributed by atoms with van der Waals surface area (Å²) in [6.45, 7) is 0. The second-order valence-corrected chi connectivity index (χ2v) is 5.66. The minimum atomic E-state index is -3.64. The number of hydrogen-bond donors (Lipinski definition) is 2. The van der Waals surface area contributed by atoms with E-state index in [2.05, 4.69) is 14.7 Å². The van der Waals surface area contributed by atoms with E-state index in [1.54, 1.807) is 6.07 Å². The summed E-state index contributed by atoms with van der Waals surface area (Å²) < 4.78 is 26.0. The van der Waals surface area contributed by atoms with Crippen LogP contribution in [-0.2, 0) is 15.8 Å². The van der Waals surface area contributed by atoms with Crippen LogP contribution in [0.5, 0.6) is 0 Å². The summed E-state index contributed by atoms with van der Waals surface area (Å²) in [6, 6.07) is 7.18. The van der Waals surface area contributed by atoms with Crippen molar-refractivity contribution in [2.75, 3.05) is 4.72 Å². The van der Waals surface area contributed by atoms with Crippen LogP contribution >= 0.6 is 0 Å². The molecule has 0 saturated carbocycles. The topological polar surface area (TPSA) is 109 Å². The van der Waals surface area contributed by atoms with Gasteiger partial charge in [0.05, 0.1) is 11.3 Å². The molecule has 104 valence electrons. The van der Waals surface area contributed by atoms with Crippen LogP contribution in [0, 0.1) is 0 Å². The number of benzene rings is 1. The van der Waals surface area contributed by atoms with E-state index >= 15 is 0 Å². The quantitative estimate of drug-likeness (QED) is 0.854. The molecule has 0 spiro atoms. The summed E-state index contributed by atoms with van der Waals surface area (Å²) in [5.74, 6) is -1.35. The van der Waals surface area contributed by atoms with Crippen LogP contribution in [0.1, 0.15) is 15.9 Å². The lowest BCUT2D eigenvalue weighted by molar-refractivity contribution is 0.0697. The highest BCUT2D eigenvalue weighted by Gasteiger charge is 2.13. The highest BCUT2D eigenvalue weighted by atomic mass is 32.2. The SMILES string of the molecule is O=C(O)c1ccc(CS(=O)(=O)Nc2ncccn2)cc1. The number of carbonyl (C=O) groups is 1. The van der Waals surface area contributed by atoms with Crippen molar-refractivity contribution in [2.45, 2.75) is 5.75 Å². The summed E-state index contributed by atoms with van der Waals surface area (Å²) in [6.07, 6.45) is 2.85. The number of nitrogens with zero attached hydrogens (tertiary/aromatic N) is 2. The Labute approximate surface area is 115 Å². The van der Waals surface area contributed by atoms with E-state index in [1.165, 1.54) is 36.7 Å². The lowest BCUT2D eigenvalue weighted by Crippen LogP contribution is -2.16. The molecule has 0 bridgehead atoms. The molecule has 0 radical (unpaired) electrons. The zero-order chi connectivity index (χ0) is 14.6. The zero-order valence-corrected chi connectivity index (χ0v) is 11.0. The van der Waals surface area contributed by atoms with Crippen LogP contribution in [-0.4, -0.2) is 29.5 Å². The van der Waals surface area contributed by atoms with Crippen LogP contribution < -0.4 is 4.72 Å². The molecule has 0 aliphatic carbocycles. The van der Waals surface area contributed by atoms with Gasteiger partial charge in [0.25, 0.3) is 0 Å². The third-order valence-electron chi connectivity index (χ3n) is 2.37. The molecule has 2 rings (SSSR count). The van der Waals surface area contributed by atoms with Gasteiger partial charge in [0.2, 0.25) is 16.0 Å². The smallest absolute Gasteiger partial charge is 0.335 e. The molecular formula is C12H11N3O4S. The molecule has 1 aromatic carbocycles. The molecule has 0 amide bonds. The third-order valence-corrected chi connectivity index (χ3v) is 3.58. The Morgan fingerprint density at radius 2 is 1.75 bits per heavy atom. The van der Waals surface area contributed by atoms with Crippen molar-refractivity contribution in [3.8, 4) is 0 Å². The van der Waals surface area contributed by atoms with Crippen LogP contribution in [0.15, 0.2) is 42.7 Å². The van der Waals surface area contributed by atoms with E-state index in [0.717, 1.165) is 0 Å². The summed E-state index contributed by atoms with van der Waals surface area (Å²) >= 11 is 0. The van der Waals surface area contributed by atoms with E-state index < -0.39 is 16.0 Å². The van der Waals surface area contributed by atoms with E-state index in [0.29, 0.717) is 5.56 Å².